The largest absolute Gasteiger partial charge is 0.300 e. The fourth-order valence-electron chi connectivity index (χ4n) is 4.96. The first-order chi connectivity index (χ1) is 13.9. The number of hydrogen-bond acceptors (Lipinski definition) is 2. The van der Waals surface area contributed by atoms with E-state index in [0.717, 1.165) is 32.6 Å². The molecule has 0 radical (unpaired) electrons. The van der Waals surface area contributed by atoms with Gasteiger partial charge < -0.3 is 0 Å². The van der Waals surface area contributed by atoms with E-state index in [9.17, 15) is 0 Å². The Bertz CT molecular complexity index is 906. The molecule has 0 saturated carbocycles. The summed E-state index contributed by atoms with van der Waals surface area (Å²) in [7, 11) is 0. The van der Waals surface area contributed by atoms with E-state index in [0.29, 0.717) is 12.0 Å². The zero-order chi connectivity index (χ0) is 18.8. The van der Waals surface area contributed by atoms with Gasteiger partial charge in [-0.15, -0.1) is 0 Å². The number of rotatable bonds is 4. The fourth-order valence-corrected chi connectivity index (χ4v) is 4.96. The molecule has 5 rings (SSSR count). The molecule has 0 aliphatic carbocycles. The molecule has 2 heterocycles. The third kappa shape index (κ3) is 3.50. The second kappa shape index (κ2) is 7.90. The lowest BCUT2D eigenvalue weighted by Gasteiger charge is -2.47. The van der Waals surface area contributed by atoms with Gasteiger partial charge >= 0.3 is 0 Å². The number of benzene rings is 3. The topological polar surface area (TPSA) is 6.48 Å². The van der Waals surface area contributed by atoms with Crippen LogP contribution in [0.5, 0.6) is 0 Å². The van der Waals surface area contributed by atoms with E-state index in [1.807, 2.05) is 0 Å². The van der Waals surface area contributed by atoms with Gasteiger partial charge in [0.05, 0.1) is 0 Å². The standard InChI is InChI=1S/C26H28N2/c1-3-9-21(10-4-1)15-16-27-17-18-28-19-25(22-11-5-2-6-12-22)23-13-7-8-14-24(23)26(28)20-27/h1-14,25-26H,15-20H2/t25-,26-/m1/s1. The molecule has 0 unspecified atom stereocenters. The van der Waals surface area contributed by atoms with Gasteiger partial charge in [-0.05, 0) is 28.7 Å². The lowest BCUT2D eigenvalue weighted by molar-refractivity contribution is 0.0633. The van der Waals surface area contributed by atoms with E-state index in [1.165, 1.54) is 28.8 Å². The van der Waals surface area contributed by atoms with Crippen molar-refractivity contribution in [1.82, 2.24) is 9.80 Å². The summed E-state index contributed by atoms with van der Waals surface area (Å²) in [5, 5.41) is 0. The smallest absolute Gasteiger partial charge is 0.0479 e. The van der Waals surface area contributed by atoms with Gasteiger partial charge in [-0.3, -0.25) is 9.80 Å². The monoisotopic (exact) mass is 368 g/mol. The minimum Gasteiger partial charge on any atom is -0.300 e. The summed E-state index contributed by atoms with van der Waals surface area (Å²) < 4.78 is 0. The first-order valence-electron chi connectivity index (χ1n) is 10.5. The van der Waals surface area contributed by atoms with Crippen LogP contribution in [-0.2, 0) is 6.42 Å². The lowest BCUT2D eigenvalue weighted by atomic mass is 9.80. The Labute approximate surface area is 168 Å². The van der Waals surface area contributed by atoms with Gasteiger partial charge in [-0.2, -0.15) is 0 Å². The minimum atomic E-state index is 0.490. The fraction of sp³-hybridized carbons (Fsp3) is 0.308. The quantitative estimate of drug-likeness (QED) is 0.657. The van der Waals surface area contributed by atoms with Crippen molar-refractivity contribution in [2.75, 3.05) is 32.7 Å². The molecule has 0 N–H and O–H groups in total. The Hall–Kier alpha value is -2.42. The maximum atomic E-state index is 2.72. The van der Waals surface area contributed by atoms with Crippen LogP contribution in [-0.4, -0.2) is 42.5 Å². The molecule has 2 aliphatic rings. The van der Waals surface area contributed by atoms with Gasteiger partial charge in [0.2, 0.25) is 0 Å². The van der Waals surface area contributed by atoms with Crippen molar-refractivity contribution >= 4 is 0 Å². The Morgan fingerprint density at radius 2 is 1.36 bits per heavy atom. The van der Waals surface area contributed by atoms with Crippen LogP contribution >= 0.6 is 0 Å². The second-order valence-electron chi connectivity index (χ2n) is 8.14. The highest BCUT2D eigenvalue weighted by Gasteiger charge is 2.36. The van der Waals surface area contributed by atoms with Crippen molar-refractivity contribution in [2.24, 2.45) is 0 Å². The first kappa shape index (κ1) is 17.7. The van der Waals surface area contributed by atoms with E-state index in [-0.39, 0.29) is 0 Å². The van der Waals surface area contributed by atoms with E-state index in [1.54, 1.807) is 0 Å². The maximum Gasteiger partial charge on any atom is 0.0479 e. The zero-order valence-electron chi connectivity index (χ0n) is 16.4. The second-order valence-corrected chi connectivity index (χ2v) is 8.14. The van der Waals surface area contributed by atoms with E-state index >= 15 is 0 Å². The summed E-state index contributed by atoms with van der Waals surface area (Å²) in [6, 6.07) is 31.6. The Kier molecular flexibility index (Phi) is 4.99. The van der Waals surface area contributed by atoms with Crippen molar-refractivity contribution in [3.8, 4) is 0 Å². The van der Waals surface area contributed by atoms with Crippen molar-refractivity contribution < 1.29 is 0 Å². The Morgan fingerprint density at radius 1 is 0.679 bits per heavy atom. The number of fused-ring (bicyclic) bond motifs is 3. The number of nitrogens with zero attached hydrogens (tertiary/aromatic N) is 2. The molecule has 2 nitrogen and oxygen atoms in total. The van der Waals surface area contributed by atoms with E-state index < -0.39 is 0 Å². The highest BCUT2D eigenvalue weighted by atomic mass is 15.3. The normalized spacial score (nSPS) is 22.4. The summed E-state index contributed by atoms with van der Waals surface area (Å²) in [6.07, 6.45) is 1.14. The van der Waals surface area contributed by atoms with Crippen LogP contribution in [0.2, 0.25) is 0 Å². The van der Waals surface area contributed by atoms with Gasteiger partial charge in [-0.1, -0.05) is 84.9 Å². The Balaban J connectivity index is 1.36. The first-order valence-corrected chi connectivity index (χ1v) is 10.5. The third-order valence-electron chi connectivity index (χ3n) is 6.48. The summed E-state index contributed by atoms with van der Waals surface area (Å²) in [5.74, 6) is 0.490. The number of piperazine rings is 1. The van der Waals surface area contributed by atoms with Crippen LogP contribution in [0.25, 0.3) is 0 Å². The van der Waals surface area contributed by atoms with E-state index in [2.05, 4.69) is 94.7 Å². The van der Waals surface area contributed by atoms with Crippen LogP contribution in [0, 0.1) is 0 Å². The molecule has 3 aromatic rings. The highest BCUT2D eigenvalue weighted by Crippen LogP contribution is 2.40. The molecule has 1 fully saturated rings. The predicted octanol–water partition coefficient (Wildman–Crippen LogP) is 4.73. The molecule has 0 amide bonds. The van der Waals surface area contributed by atoms with Gasteiger partial charge in [0, 0.05) is 44.7 Å². The molecule has 2 aliphatic heterocycles. The molecule has 1 saturated heterocycles. The van der Waals surface area contributed by atoms with Crippen molar-refractivity contribution in [3.63, 3.8) is 0 Å². The van der Waals surface area contributed by atoms with Crippen LogP contribution in [0.15, 0.2) is 84.9 Å². The highest BCUT2D eigenvalue weighted by molar-refractivity contribution is 5.42. The summed E-state index contributed by atoms with van der Waals surface area (Å²) >= 11 is 0. The molecule has 0 aromatic heterocycles. The molecule has 28 heavy (non-hydrogen) atoms. The molecule has 0 bridgehead atoms. The summed E-state index contributed by atoms with van der Waals surface area (Å²) in [6.45, 7) is 5.77. The molecular weight excluding hydrogens is 340 g/mol. The lowest BCUT2D eigenvalue weighted by Crippen LogP contribution is -2.52. The SMILES string of the molecule is c1ccc(CCN2CCN3C[C@H](c4ccccc4)c4ccccc4[C@H]3C2)cc1. The number of hydrogen-bond donors (Lipinski definition) is 0. The van der Waals surface area contributed by atoms with Crippen LogP contribution in [0.3, 0.4) is 0 Å². The summed E-state index contributed by atoms with van der Waals surface area (Å²) in [5.41, 5.74) is 5.95. The predicted molar refractivity (Wildman–Crippen MR) is 116 cm³/mol. The van der Waals surface area contributed by atoms with E-state index in [4.69, 9.17) is 0 Å². The third-order valence-corrected chi connectivity index (χ3v) is 6.48. The van der Waals surface area contributed by atoms with Crippen molar-refractivity contribution in [2.45, 2.75) is 18.4 Å². The van der Waals surface area contributed by atoms with Crippen LogP contribution in [0.1, 0.15) is 34.2 Å². The van der Waals surface area contributed by atoms with Gasteiger partial charge in [-0.25, -0.2) is 0 Å². The Morgan fingerprint density at radius 3 is 2.14 bits per heavy atom. The van der Waals surface area contributed by atoms with Gasteiger partial charge in [0.15, 0.2) is 0 Å². The molecular formula is C26H28N2. The average Bonchev–Trinajstić information content (AvgIpc) is 2.78. The summed E-state index contributed by atoms with van der Waals surface area (Å²) in [4.78, 5) is 5.38. The molecule has 142 valence electrons. The zero-order valence-corrected chi connectivity index (χ0v) is 16.4. The maximum absolute atomic E-state index is 2.72. The van der Waals surface area contributed by atoms with Crippen molar-refractivity contribution in [1.29, 1.82) is 0 Å². The van der Waals surface area contributed by atoms with Crippen molar-refractivity contribution in [3.05, 3.63) is 107 Å². The van der Waals surface area contributed by atoms with Crippen LogP contribution < -0.4 is 0 Å². The molecule has 3 aromatic carbocycles. The average molecular weight is 369 g/mol. The van der Waals surface area contributed by atoms with Crippen LogP contribution in [0.4, 0.5) is 0 Å². The molecule has 2 atom stereocenters. The van der Waals surface area contributed by atoms with Gasteiger partial charge in [0.1, 0.15) is 0 Å². The minimum absolute atomic E-state index is 0.490. The van der Waals surface area contributed by atoms with Gasteiger partial charge in [0.25, 0.3) is 0 Å². The molecule has 2 heteroatoms. The molecule has 0 spiro atoms.